The van der Waals surface area contributed by atoms with Gasteiger partial charge in [0.1, 0.15) is 0 Å². The van der Waals surface area contributed by atoms with Gasteiger partial charge >= 0.3 is 12.2 Å². The summed E-state index contributed by atoms with van der Waals surface area (Å²) < 4.78 is 41.0. The molecule has 2 aliphatic rings. The lowest BCUT2D eigenvalue weighted by molar-refractivity contribution is -0.137. The number of rotatable bonds is 4. The third kappa shape index (κ3) is 5.07. The average Bonchev–Trinajstić information content (AvgIpc) is 3.23. The maximum atomic E-state index is 14.0. The standard InChI is InChI=1S/C29H36F3N3O2/c1-17(2)21-14-22(16-23(15-21)29(30,31)32)20(5)33(6)28(37)35-13-12-34-25(10-11-26(34)36)27(35)24-9-7-8-18(3)19(24)4/h7-9,14-17,20,25,27H,10-13H2,1-6H3/t20-,25+,27+/m1/s1. The first-order chi connectivity index (χ1) is 17.3. The number of halogens is 3. The number of carbonyl (C=O) groups is 2. The van der Waals surface area contributed by atoms with Crippen molar-refractivity contribution in [2.24, 2.45) is 0 Å². The van der Waals surface area contributed by atoms with Crippen molar-refractivity contribution in [2.45, 2.75) is 77.7 Å². The lowest BCUT2D eigenvalue weighted by atomic mass is 9.89. The molecule has 0 N–H and O–H groups in total. The lowest BCUT2D eigenvalue weighted by Gasteiger charge is -2.47. The number of aryl methyl sites for hydroxylation is 1. The number of hydrogen-bond acceptors (Lipinski definition) is 2. The monoisotopic (exact) mass is 515 g/mol. The Morgan fingerprint density at radius 1 is 1.05 bits per heavy atom. The third-order valence-corrected chi connectivity index (χ3v) is 8.20. The second-order valence-corrected chi connectivity index (χ2v) is 10.7. The van der Waals surface area contributed by atoms with Crippen LogP contribution in [0.3, 0.4) is 0 Å². The molecule has 0 saturated carbocycles. The Morgan fingerprint density at radius 3 is 2.38 bits per heavy atom. The van der Waals surface area contributed by atoms with Crippen LogP contribution in [0.2, 0.25) is 0 Å². The zero-order valence-corrected chi connectivity index (χ0v) is 22.4. The highest BCUT2D eigenvalue weighted by molar-refractivity contribution is 5.81. The van der Waals surface area contributed by atoms with Crippen LogP contribution in [0.25, 0.3) is 0 Å². The first-order valence-electron chi connectivity index (χ1n) is 12.9. The number of alkyl halides is 3. The molecule has 2 aliphatic heterocycles. The van der Waals surface area contributed by atoms with E-state index in [9.17, 15) is 22.8 Å². The van der Waals surface area contributed by atoms with Crippen LogP contribution in [0.5, 0.6) is 0 Å². The molecule has 2 aromatic carbocycles. The Bertz CT molecular complexity index is 1190. The van der Waals surface area contributed by atoms with Crippen molar-refractivity contribution in [3.8, 4) is 0 Å². The molecule has 4 rings (SSSR count). The van der Waals surface area contributed by atoms with E-state index in [0.29, 0.717) is 37.1 Å². The molecule has 0 aromatic heterocycles. The molecule has 2 saturated heterocycles. The third-order valence-electron chi connectivity index (χ3n) is 8.20. The topological polar surface area (TPSA) is 43.9 Å². The highest BCUT2D eigenvalue weighted by atomic mass is 19.4. The highest BCUT2D eigenvalue weighted by Gasteiger charge is 2.46. The van der Waals surface area contributed by atoms with Gasteiger partial charge in [-0.3, -0.25) is 4.79 Å². The van der Waals surface area contributed by atoms with E-state index in [1.807, 2.05) is 55.7 Å². The molecule has 0 radical (unpaired) electrons. The minimum atomic E-state index is -4.47. The molecule has 37 heavy (non-hydrogen) atoms. The summed E-state index contributed by atoms with van der Waals surface area (Å²) in [6.07, 6.45) is -3.34. The molecule has 8 heteroatoms. The molecule has 2 aromatic rings. The first kappa shape index (κ1) is 27.0. The Morgan fingerprint density at radius 2 is 1.73 bits per heavy atom. The number of hydrogen-bond donors (Lipinski definition) is 0. The molecule has 3 amide bonds. The molecular formula is C29H36F3N3O2. The molecular weight excluding hydrogens is 479 g/mol. The number of nitrogens with zero attached hydrogens (tertiary/aromatic N) is 3. The zero-order chi connectivity index (χ0) is 27.2. The van der Waals surface area contributed by atoms with Crippen molar-refractivity contribution in [1.29, 1.82) is 0 Å². The summed E-state index contributed by atoms with van der Waals surface area (Å²) in [5.41, 5.74) is 3.55. The van der Waals surface area contributed by atoms with Crippen LogP contribution in [0.1, 0.15) is 85.0 Å². The van der Waals surface area contributed by atoms with E-state index in [2.05, 4.69) is 0 Å². The van der Waals surface area contributed by atoms with Crippen LogP contribution in [-0.2, 0) is 11.0 Å². The summed E-state index contributed by atoms with van der Waals surface area (Å²) >= 11 is 0. The summed E-state index contributed by atoms with van der Waals surface area (Å²) in [5, 5.41) is 0. The number of carbonyl (C=O) groups excluding carboxylic acids is 2. The van der Waals surface area contributed by atoms with Crippen molar-refractivity contribution in [2.75, 3.05) is 20.1 Å². The van der Waals surface area contributed by atoms with Gasteiger partial charge < -0.3 is 14.7 Å². The van der Waals surface area contributed by atoms with Crippen molar-refractivity contribution in [3.05, 3.63) is 69.8 Å². The van der Waals surface area contributed by atoms with E-state index in [0.717, 1.165) is 22.8 Å². The number of benzene rings is 2. The van der Waals surface area contributed by atoms with E-state index in [1.54, 1.807) is 20.0 Å². The smallest absolute Gasteiger partial charge is 0.335 e. The number of urea groups is 1. The van der Waals surface area contributed by atoms with Crippen molar-refractivity contribution in [1.82, 2.24) is 14.7 Å². The quantitative estimate of drug-likeness (QED) is 0.460. The molecule has 0 bridgehead atoms. The minimum absolute atomic E-state index is 0.0871. The highest BCUT2D eigenvalue weighted by Crippen LogP contribution is 2.41. The van der Waals surface area contributed by atoms with Crippen molar-refractivity contribution >= 4 is 11.9 Å². The molecule has 3 atom stereocenters. The van der Waals surface area contributed by atoms with E-state index in [-0.39, 0.29) is 29.9 Å². The number of piperazine rings is 1. The van der Waals surface area contributed by atoms with Crippen LogP contribution in [-0.4, -0.2) is 52.8 Å². The summed E-state index contributed by atoms with van der Waals surface area (Å²) in [6, 6.07) is 8.87. The second kappa shape index (κ2) is 10.0. The fraction of sp³-hybridized carbons (Fsp3) is 0.517. The minimum Gasteiger partial charge on any atom is -0.335 e. The largest absolute Gasteiger partial charge is 0.416 e. The fourth-order valence-electron chi connectivity index (χ4n) is 5.63. The van der Waals surface area contributed by atoms with Crippen molar-refractivity contribution < 1.29 is 22.8 Å². The summed E-state index contributed by atoms with van der Waals surface area (Å²) in [7, 11) is 1.65. The SMILES string of the molecule is Cc1cccc([C@H]2[C@@H]3CCC(=O)N3CCN2C(=O)N(C)[C@H](C)c2cc(C(C)C)cc(C(F)(F)F)c2)c1C. The predicted octanol–water partition coefficient (Wildman–Crippen LogP) is 6.61. The van der Waals surface area contributed by atoms with Gasteiger partial charge in [0.05, 0.1) is 23.7 Å². The maximum Gasteiger partial charge on any atom is 0.416 e. The van der Waals surface area contributed by atoms with E-state index in [1.165, 1.54) is 11.0 Å². The number of amides is 3. The summed E-state index contributed by atoms with van der Waals surface area (Å²) in [6.45, 7) is 10.4. The van der Waals surface area contributed by atoms with Gasteiger partial charge in [-0.15, -0.1) is 0 Å². The molecule has 0 aliphatic carbocycles. The van der Waals surface area contributed by atoms with Crippen molar-refractivity contribution in [3.63, 3.8) is 0 Å². The average molecular weight is 516 g/mol. The van der Waals surface area contributed by atoms with E-state index in [4.69, 9.17) is 0 Å². The van der Waals surface area contributed by atoms with Crippen LogP contribution < -0.4 is 0 Å². The normalized spacial score (nSPS) is 20.9. The number of fused-ring (bicyclic) bond motifs is 1. The lowest BCUT2D eigenvalue weighted by Crippen LogP contribution is -2.57. The molecule has 2 heterocycles. The maximum absolute atomic E-state index is 14.0. The van der Waals surface area contributed by atoms with Gasteiger partial charge in [0.15, 0.2) is 0 Å². The predicted molar refractivity (Wildman–Crippen MR) is 137 cm³/mol. The summed E-state index contributed by atoms with van der Waals surface area (Å²) in [4.78, 5) is 31.8. The van der Waals surface area contributed by atoms with Gasteiger partial charge in [-0.05, 0) is 73.1 Å². The fourth-order valence-corrected chi connectivity index (χ4v) is 5.63. The Balaban J connectivity index is 1.70. The Hall–Kier alpha value is -3.03. The van der Waals surface area contributed by atoms with E-state index < -0.39 is 17.8 Å². The molecule has 5 nitrogen and oxygen atoms in total. The summed E-state index contributed by atoms with van der Waals surface area (Å²) in [5.74, 6) is 0.0234. The first-order valence-corrected chi connectivity index (χ1v) is 12.9. The Labute approximate surface area is 217 Å². The Kier molecular flexibility index (Phi) is 7.32. The van der Waals surface area contributed by atoms with Gasteiger partial charge in [0.25, 0.3) is 0 Å². The zero-order valence-electron chi connectivity index (χ0n) is 22.4. The van der Waals surface area contributed by atoms with Gasteiger partial charge in [0.2, 0.25) is 5.91 Å². The molecule has 200 valence electrons. The van der Waals surface area contributed by atoms with Gasteiger partial charge in [-0.25, -0.2) is 4.79 Å². The molecule has 0 spiro atoms. The van der Waals surface area contributed by atoms with Gasteiger partial charge in [-0.1, -0.05) is 38.1 Å². The second-order valence-electron chi connectivity index (χ2n) is 10.7. The van der Waals surface area contributed by atoms with Gasteiger partial charge in [0, 0.05) is 26.6 Å². The van der Waals surface area contributed by atoms with Gasteiger partial charge in [-0.2, -0.15) is 13.2 Å². The molecule has 0 unspecified atom stereocenters. The van der Waals surface area contributed by atoms with Crippen LogP contribution in [0.4, 0.5) is 18.0 Å². The van der Waals surface area contributed by atoms with Crippen LogP contribution in [0.15, 0.2) is 36.4 Å². The van der Waals surface area contributed by atoms with Crippen LogP contribution >= 0.6 is 0 Å². The molecule has 2 fully saturated rings. The van der Waals surface area contributed by atoms with Crippen LogP contribution in [0, 0.1) is 13.8 Å². The van der Waals surface area contributed by atoms with E-state index >= 15 is 0 Å².